The van der Waals surface area contributed by atoms with Crippen LogP contribution in [0.2, 0.25) is 0 Å². The van der Waals surface area contributed by atoms with Crippen molar-refractivity contribution >= 4 is 6.08 Å². The maximum atomic E-state index is 10.0. The highest BCUT2D eigenvalue weighted by atomic mass is 16.1. The molecule has 1 heterocycles. The highest BCUT2D eigenvalue weighted by molar-refractivity contribution is 5.34. The van der Waals surface area contributed by atoms with Crippen LogP contribution in [0.15, 0.2) is 17.4 Å². The number of aliphatic imine (C=N–C) groups is 1. The summed E-state index contributed by atoms with van der Waals surface area (Å²) in [6.07, 6.45) is 5.17. The predicted octanol–water partition coefficient (Wildman–Crippen LogP) is 1.86. The van der Waals surface area contributed by atoms with E-state index in [9.17, 15) is 4.79 Å². The van der Waals surface area contributed by atoms with Gasteiger partial charge in [-0.1, -0.05) is 0 Å². The van der Waals surface area contributed by atoms with Crippen molar-refractivity contribution in [2.24, 2.45) is 4.99 Å². The number of nitrogens with zero attached hydrogens (tertiary/aromatic N) is 3. The Morgan fingerprint density at radius 1 is 1.54 bits per heavy atom. The van der Waals surface area contributed by atoms with Gasteiger partial charge >= 0.3 is 0 Å². The minimum absolute atomic E-state index is 0.148. The quantitative estimate of drug-likeness (QED) is 0.525. The van der Waals surface area contributed by atoms with Gasteiger partial charge in [0.05, 0.1) is 12.2 Å². The van der Waals surface area contributed by atoms with Crippen LogP contribution < -0.4 is 0 Å². The van der Waals surface area contributed by atoms with E-state index in [4.69, 9.17) is 0 Å². The Bertz CT molecular complexity index is 323. The standard InChI is InChI=1S/C9H13N3O/c1-7(2)12-5-9(4-11-12)8(3)10-6-13/h4-5,7-8H,1-3H3. The molecule has 1 unspecified atom stereocenters. The van der Waals surface area contributed by atoms with E-state index in [0.29, 0.717) is 6.04 Å². The van der Waals surface area contributed by atoms with Gasteiger partial charge in [-0.2, -0.15) is 10.1 Å². The smallest absolute Gasteiger partial charge is 0.235 e. The number of carbonyl (C=O) groups excluding carboxylic acids is 1. The van der Waals surface area contributed by atoms with E-state index in [1.165, 1.54) is 0 Å². The van der Waals surface area contributed by atoms with Crippen LogP contribution in [0.4, 0.5) is 0 Å². The first-order chi connectivity index (χ1) is 6.15. The zero-order valence-electron chi connectivity index (χ0n) is 8.06. The van der Waals surface area contributed by atoms with Crippen LogP contribution in [0.25, 0.3) is 0 Å². The summed E-state index contributed by atoms with van der Waals surface area (Å²) in [5.74, 6) is 0. The Morgan fingerprint density at radius 3 is 2.69 bits per heavy atom. The van der Waals surface area contributed by atoms with Crippen molar-refractivity contribution in [3.63, 3.8) is 0 Å². The van der Waals surface area contributed by atoms with Gasteiger partial charge in [-0.25, -0.2) is 4.79 Å². The summed E-state index contributed by atoms with van der Waals surface area (Å²) in [5.41, 5.74) is 0.942. The Balaban J connectivity index is 2.85. The van der Waals surface area contributed by atoms with Crippen molar-refractivity contribution in [2.45, 2.75) is 32.9 Å². The van der Waals surface area contributed by atoms with Crippen molar-refractivity contribution in [3.8, 4) is 0 Å². The van der Waals surface area contributed by atoms with E-state index in [1.54, 1.807) is 12.3 Å². The molecular weight excluding hydrogens is 166 g/mol. The van der Waals surface area contributed by atoms with E-state index in [2.05, 4.69) is 10.1 Å². The number of hydrogen-bond acceptors (Lipinski definition) is 3. The first-order valence-corrected chi connectivity index (χ1v) is 4.26. The molecule has 4 heteroatoms. The van der Waals surface area contributed by atoms with E-state index < -0.39 is 0 Å². The van der Waals surface area contributed by atoms with Gasteiger partial charge in [0.2, 0.25) is 6.08 Å². The minimum atomic E-state index is -0.148. The van der Waals surface area contributed by atoms with Crippen LogP contribution in [0.3, 0.4) is 0 Å². The molecule has 4 nitrogen and oxygen atoms in total. The molecule has 0 bridgehead atoms. The average Bonchev–Trinajstić information content (AvgIpc) is 2.52. The summed E-state index contributed by atoms with van der Waals surface area (Å²) in [6.45, 7) is 5.93. The third-order valence-corrected chi connectivity index (χ3v) is 1.88. The summed E-state index contributed by atoms with van der Waals surface area (Å²) in [5, 5.41) is 4.15. The van der Waals surface area contributed by atoms with E-state index >= 15 is 0 Å². The SMILES string of the molecule is CC(N=C=O)c1cnn(C(C)C)c1. The molecule has 13 heavy (non-hydrogen) atoms. The zero-order valence-corrected chi connectivity index (χ0v) is 8.06. The molecule has 1 aromatic heterocycles. The molecule has 0 aliphatic rings. The summed E-state index contributed by atoms with van der Waals surface area (Å²) in [4.78, 5) is 13.6. The second-order valence-corrected chi connectivity index (χ2v) is 3.24. The minimum Gasteiger partial charge on any atom is -0.270 e. The van der Waals surface area contributed by atoms with Crippen molar-refractivity contribution in [1.29, 1.82) is 0 Å². The molecule has 0 spiro atoms. The Hall–Kier alpha value is -1.41. The van der Waals surface area contributed by atoms with Crippen LogP contribution in [-0.2, 0) is 4.79 Å². The Morgan fingerprint density at radius 2 is 2.23 bits per heavy atom. The van der Waals surface area contributed by atoms with Gasteiger partial charge in [0.1, 0.15) is 0 Å². The van der Waals surface area contributed by atoms with Crippen molar-refractivity contribution in [3.05, 3.63) is 18.0 Å². The lowest BCUT2D eigenvalue weighted by molar-refractivity contribution is 0.531. The second-order valence-electron chi connectivity index (χ2n) is 3.24. The molecule has 0 aliphatic carbocycles. The lowest BCUT2D eigenvalue weighted by Gasteiger charge is -2.03. The first-order valence-electron chi connectivity index (χ1n) is 4.26. The molecule has 1 rings (SSSR count). The van der Waals surface area contributed by atoms with Crippen LogP contribution >= 0.6 is 0 Å². The molecule has 0 radical (unpaired) electrons. The van der Waals surface area contributed by atoms with Crippen molar-refractivity contribution < 1.29 is 4.79 Å². The van der Waals surface area contributed by atoms with Gasteiger partial charge in [-0.05, 0) is 20.8 Å². The number of aromatic nitrogens is 2. The topological polar surface area (TPSA) is 47.2 Å². The maximum Gasteiger partial charge on any atom is 0.235 e. The highest BCUT2D eigenvalue weighted by Gasteiger charge is 2.07. The fourth-order valence-electron chi connectivity index (χ4n) is 1.00. The molecule has 1 atom stereocenters. The predicted molar refractivity (Wildman–Crippen MR) is 49.1 cm³/mol. The molecule has 70 valence electrons. The molecule has 0 saturated heterocycles. The number of hydrogen-bond donors (Lipinski definition) is 0. The van der Waals surface area contributed by atoms with Crippen molar-refractivity contribution in [1.82, 2.24) is 9.78 Å². The lowest BCUT2D eigenvalue weighted by Crippen LogP contribution is -2.00. The molecule has 0 aliphatic heterocycles. The summed E-state index contributed by atoms with van der Waals surface area (Å²) < 4.78 is 1.84. The van der Waals surface area contributed by atoms with Gasteiger partial charge in [0.15, 0.2) is 0 Å². The summed E-state index contributed by atoms with van der Waals surface area (Å²) >= 11 is 0. The molecular formula is C9H13N3O. The molecule has 0 N–H and O–H groups in total. The van der Waals surface area contributed by atoms with Crippen LogP contribution in [0.5, 0.6) is 0 Å². The van der Waals surface area contributed by atoms with Crippen LogP contribution in [-0.4, -0.2) is 15.9 Å². The van der Waals surface area contributed by atoms with Gasteiger partial charge in [-0.3, -0.25) is 4.68 Å². The molecule has 0 amide bonds. The van der Waals surface area contributed by atoms with Crippen LogP contribution in [0, 0.1) is 0 Å². The largest absolute Gasteiger partial charge is 0.270 e. The summed E-state index contributed by atoms with van der Waals surface area (Å²) in [7, 11) is 0. The third-order valence-electron chi connectivity index (χ3n) is 1.88. The first kappa shape index (κ1) is 9.68. The van der Waals surface area contributed by atoms with Gasteiger partial charge in [-0.15, -0.1) is 0 Å². The van der Waals surface area contributed by atoms with Gasteiger partial charge < -0.3 is 0 Å². The van der Waals surface area contributed by atoms with Crippen molar-refractivity contribution in [2.75, 3.05) is 0 Å². The fourth-order valence-corrected chi connectivity index (χ4v) is 1.00. The Labute approximate surface area is 77.3 Å². The molecule has 0 aromatic carbocycles. The molecule has 0 fully saturated rings. The lowest BCUT2D eigenvalue weighted by atomic mass is 10.2. The summed E-state index contributed by atoms with van der Waals surface area (Å²) in [6, 6.07) is 0.186. The number of isocyanates is 1. The van der Waals surface area contributed by atoms with Gasteiger partial charge in [0.25, 0.3) is 0 Å². The highest BCUT2D eigenvalue weighted by Crippen LogP contribution is 2.16. The van der Waals surface area contributed by atoms with Gasteiger partial charge in [0, 0.05) is 17.8 Å². The fraction of sp³-hybridized carbons (Fsp3) is 0.556. The normalized spacial score (nSPS) is 12.6. The van der Waals surface area contributed by atoms with E-state index in [-0.39, 0.29) is 6.04 Å². The number of rotatable bonds is 3. The third kappa shape index (κ3) is 2.26. The zero-order chi connectivity index (χ0) is 9.84. The Kier molecular flexibility index (Phi) is 2.98. The maximum absolute atomic E-state index is 10.0. The van der Waals surface area contributed by atoms with E-state index in [0.717, 1.165) is 5.56 Å². The average molecular weight is 179 g/mol. The van der Waals surface area contributed by atoms with E-state index in [1.807, 2.05) is 31.6 Å². The monoisotopic (exact) mass is 179 g/mol. The molecule has 0 saturated carbocycles. The van der Waals surface area contributed by atoms with Crippen LogP contribution in [0.1, 0.15) is 38.4 Å². The second kappa shape index (κ2) is 4.01. The molecule has 1 aromatic rings.